The number of allylic oxidation sites excluding steroid dienone is 1. The highest BCUT2D eigenvalue weighted by molar-refractivity contribution is 6.04. The molecule has 0 saturated heterocycles. The predicted molar refractivity (Wildman–Crippen MR) is 60.1 cm³/mol. The maximum absolute atomic E-state index is 10.2. The van der Waals surface area contributed by atoms with Crippen molar-refractivity contribution >= 4 is 18.1 Å². The molecule has 1 N–H and O–H groups in total. The first-order valence-corrected chi connectivity index (χ1v) is 4.65. The Morgan fingerprint density at radius 2 is 2.07 bits per heavy atom. The van der Waals surface area contributed by atoms with E-state index in [1.807, 2.05) is 31.2 Å². The van der Waals surface area contributed by atoms with E-state index in [4.69, 9.17) is 5.21 Å². The van der Waals surface area contributed by atoms with Gasteiger partial charge in [-0.3, -0.25) is 0 Å². The third-order valence-electron chi connectivity index (χ3n) is 1.97. The molecule has 0 aromatic heterocycles. The Morgan fingerprint density at radius 1 is 1.40 bits per heavy atom. The van der Waals surface area contributed by atoms with Crippen LogP contribution in [-0.2, 0) is 4.79 Å². The largest absolute Gasteiger partial charge is 0.411 e. The van der Waals surface area contributed by atoms with Crippen LogP contribution in [0.2, 0.25) is 0 Å². The average Bonchev–Trinajstić information content (AvgIpc) is 2.26. The van der Waals surface area contributed by atoms with E-state index >= 15 is 0 Å². The molecule has 1 rings (SSSR count). The van der Waals surface area contributed by atoms with E-state index in [0.29, 0.717) is 12.0 Å². The highest BCUT2D eigenvalue weighted by Gasteiger charge is 1.93. The number of hydrogen-bond donors (Lipinski definition) is 1. The van der Waals surface area contributed by atoms with Gasteiger partial charge in [-0.25, -0.2) is 0 Å². The minimum absolute atomic E-state index is 0.124. The Morgan fingerprint density at radius 3 is 2.60 bits per heavy atom. The van der Waals surface area contributed by atoms with Crippen LogP contribution in [0.25, 0.3) is 6.08 Å². The maximum Gasteiger partial charge on any atom is 0.126 e. The van der Waals surface area contributed by atoms with Gasteiger partial charge in [-0.05, 0) is 18.6 Å². The number of aldehydes is 1. The van der Waals surface area contributed by atoms with Crippen LogP contribution in [-0.4, -0.2) is 17.2 Å². The Bertz CT molecular complexity index is 377. The van der Waals surface area contributed by atoms with Crippen molar-refractivity contribution < 1.29 is 10.0 Å². The molecule has 0 atom stereocenters. The summed E-state index contributed by atoms with van der Waals surface area (Å²) in [5.74, 6) is 0. The van der Waals surface area contributed by atoms with E-state index < -0.39 is 0 Å². The topological polar surface area (TPSA) is 49.7 Å². The van der Waals surface area contributed by atoms with Gasteiger partial charge in [-0.2, -0.15) is 0 Å². The lowest BCUT2D eigenvalue weighted by Crippen LogP contribution is -1.93. The molecule has 0 aliphatic carbocycles. The molecule has 0 aliphatic rings. The van der Waals surface area contributed by atoms with E-state index in [2.05, 4.69) is 5.16 Å². The van der Waals surface area contributed by atoms with Crippen molar-refractivity contribution in [3.05, 3.63) is 41.5 Å². The Hall–Kier alpha value is -1.90. The number of oxime groups is 1. The fourth-order valence-corrected chi connectivity index (χ4v) is 1.10. The molecule has 0 fully saturated rings. The second-order valence-electron chi connectivity index (χ2n) is 3.21. The van der Waals surface area contributed by atoms with Crippen LogP contribution in [0.15, 0.2) is 35.5 Å². The second kappa shape index (κ2) is 5.75. The zero-order valence-electron chi connectivity index (χ0n) is 8.55. The summed E-state index contributed by atoms with van der Waals surface area (Å²) in [6.07, 6.45) is 4.25. The highest BCUT2D eigenvalue weighted by atomic mass is 16.4. The van der Waals surface area contributed by atoms with Gasteiger partial charge in [0, 0.05) is 6.42 Å². The van der Waals surface area contributed by atoms with Crippen molar-refractivity contribution in [2.75, 3.05) is 0 Å². The Balaban J connectivity index is 2.72. The van der Waals surface area contributed by atoms with Crippen molar-refractivity contribution in [2.24, 2.45) is 5.16 Å². The SMILES string of the molecule is Cc1ccc(/C=C/C(CC=O)=N/O)cc1. The van der Waals surface area contributed by atoms with E-state index in [-0.39, 0.29) is 6.42 Å². The summed E-state index contributed by atoms with van der Waals surface area (Å²) < 4.78 is 0. The van der Waals surface area contributed by atoms with Crippen LogP contribution in [0.4, 0.5) is 0 Å². The van der Waals surface area contributed by atoms with Crippen LogP contribution in [0.1, 0.15) is 17.5 Å². The van der Waals surface area contributed by atoms with Crippen molar-refractivity contribution in [2.45, 2.75) is 13.3 Å². The molecule has 0 amide bonds. The molecule has 3 heteroatoms. The van der Waals surface area contributed by atoms with Gasteiger partial charge >= 0.3 is 0 Å². The fraction of sp³-hybridized carbons (Fsp3) is 0.167. The molecule has 0 unspecified atom stereocenters. The molecule has 0 bridgehead atoms. The lowest BCUT2D eigenvalue weighted by atomic mass is 10.1. The standard InChI is InChI=1S/C12H13NO2/c1-10-2-4-11(5-3-10)6-7-12(13-15)8-9-14/h2-7,9,15H,8H2,1H3/b7-6+,13-12-. The molecule has 78 valence electrons. The lowest BCUT2D eigenvalue weighted by Gasteiger charge is -1.95. The van der Waals surface area contributed by atoms with Crippen LogP contribution in [0.5, 0.6) is 0 Å². The molecule has 3 nitrogen and oxygen atoms in total. The number of rotatable bonds is 4. The molecule has 0 spiro atoms. The number of hydrogen-bond acceptors (Lipinski definition) is 3. The van der Waals surface area contributed by atoms with Gasteiger partial charge in [-0.15, -0.1) is 0 Å². The number of aryl methyl sites for hydroxylation is 1. The van der Waals surface area contributed by atoms with Gasteiger partial charge in [-0.1, -0.05) is 41.1 Å². The van der Waals surface area contributed by atoms with E-state index in [9.17, 15) is 4.79 Å². The molecule has 0 saturated carbocycles. The van der Waals surface area contributed by atoms with Crippen LogP contribution < -0.4 is 0 Å². The number of nitrogens with zero attached hydrogens (tertiary/aromatic N) is 1. The molecule has 15 heavy (non-hydrogen) atoms. The van der Waals surface area contributed by atoms with Crippen LogP contribution in [0.3, 0.4) is 0 Å². The molecular formula is C12H13NO2. The van der Waals surface area contributed by atoms with E-state index in [1.165, 1.54) is 5.56 Å². The van der Waals surface area contributed by atoms with Gasteiger partial charge < -0.3 is 10.0 Å². The Kier molecular flexibility index (Phi) is 4.29. The number of carbonyl (C=O) groups excluding carboxylic acids is 1. The molecule has 0 heterocycles. The first kappa shape index (κ1) is 11.2. The summed E-state index contributed by atoms with van der Waals surface area (Å²) in [6, 6.07) is 7.91. The highest BCUT2D eigenvalue weighted by Crippen LogP contribution is 2.05. The minimum atomic E-state index is 0.124. The average molecular weight is 203 g/mol. The molecule has 0 radical (unpaired) electrons. The first-order valence-electron chi connectivity index (χ1n) is 4.65. The van der Waals surface area contributed by atoms with Gasteiger partial charge in [0.15, 0.2) is 0 Å². The quantitative estimate of drug-likeness (QED) is 0.353. The number of benzene rings is 1. The third kappa shape index (κ3) is 3.77. The van der Waals surface area contributed by atoms with Gasteiger partial charge in [0.2, 0.25) is 0 Å². The lowest BCUT2D eigenvalue weighted by molar-refractivity contribution is -0.106. The van der Waals surface area contributed by atoms with E-state index in [0.717, 1.165) is 5.56 Å². The van der Waals surface area contributed by atoms with Crippen LogP contribution in [0, 0.1) is 6.92 Å². The first-order chi connectivity index (χ1) is 7.26. The van der Waals surface area contributed by atoms with Crippen molar-refractivity contribution in [1.29, 1.82) is 0 Å². The van der Waals surface area contributed by atoms with Crippen molar-refractivity contribution in [3.63, 3.8) is 0 Å². The van der Waals surface area contributed by atoms with Gasteiger partial charge in [0.25, 0.3) is 0 Å². The summed E-state index contributed by atoms with van der Waals surface area (Å²) >= 11 is 0. The van der Waals surface area contributed by atoms with Gasteiger partial charge in [0.05, 0.1) is 5.71 Å². The summed E-state index contributed by atoms with van der Waals surface area (Å²) in [4.78, 5) is 10.2. The van der Waals surface area contributed by atoms with E-state index in [1.54, 1.807) is 12.2 Å². The normalized spacial score (nSPS) is 11.9. The molecular weight excluding hydrogens is 190 g/mol. The third-order valence-corrected chi connectivity index (χ3v) is 1.97. The fourth-order valence-electron chi connectivity index (χ4n) is 1.10. The summed E-state index contributed by atoms with van der Waals surface area (Å²) in [5, 5.41) is 11.6. The molecule has 0 aliphatic heterocycles. The zero-order chi connectivity index (χ0) is 11.1. The monoisotopic (exact) mass is 203 g/mol. The smallest absolute Gasteiger partial charge is 0.126 e. The maximum atomic E-state index is 10.2. The molecule has 1 aromatic rings. The summed E-state index contributed by atoms with van der Waals surface area (Å²) in [5.41, 5.74) is 2.55. The summed E-state index contributed by atoms with van der Waals surface area (Å²) in [6.45, 7) is 2.01. The Labute approximate surface area is 88.7 Å². The van der Waals surface area contributed by atoms with Crippen molar-refractivity contribution in [3.8, 4) is 0 Å². The second-order valence-corrected chi connectivity index (χ2v) is 3.21. The number of carbonyl (C=O) groups is 1. The zero-order valence-corrected chi connectivity index (χ0v) is 8.55. The van der Waals surface area contributed by atoms with Crippen molar-refractivity contribution in [1.82, 2.24) is 0 Å². The van der Waals surface area contributed by atoms with Crippen LogP contribution >= 0.6 is 0 Å². The molecule has 1 aromatic carbocycles. The summed E-state index contributed by atoms with van der Waals surface area (Å²) in [7, 11) is 0. The minimum Gasteiger partial charge on any atom is -0.411 e. The predicted octanol–water partition coefficient (Wildman–Crippen LogP) is 2.43. The van der Waals surface area contributed by atoms with Gasteiger partial charge in [0.1, 0.15) is 6.29 Å².